The third-order valence-corrected chi connectivity index (χ3v) is 5.65. The van der Waals surface area contributed by atoms with Crippen LogP contribution in [-0.4, -0.2) is 58.5 Å². The third-order valence-electron chi connectivity index (χ3n) is 5.65. The van der Waals surface area contributed by atoms with Crippen molar-refractivity contribution >= 4 is 17.2 Å². The van der Waals surface area contributed by atoms with E-state index >= 15 is 0 Å². The van der Waals surface area contributed by atoms with Crippen LogP contribution in [0.3, 0.4) is 0 Å². The van der Waals surface area contributed by atoms with Crippen LogP contribution >= 0.6 is 0 Å². The van der Waals surface area contributed by atoms with Crippen molar-refractivity contribution in [3.63, 3.8) is 0 Å². The van der Waals surface area contributed by atoms with Gasteiger partial charge < -0.3 is 18.9 Å². The Morgan fingerprint density at radius 3 is 2.42 bits per heavy atom. The minimum absolute atomic E-state index is 0.0444. The molecule has 0 bridgehead atoms. The molecule has 0 N–H and O–H groups in total. The molecule has 2 aromatic carbocycles. The maximum atomic E-state index is 13.1. The molecule has 3 heterocycles. The first kappa shape index (κ1) is 19.1. The Balaban J connectivity index is 1.33. The number of amides is 1. The number of carbonyl (C=O) groups is 1. The second-order valence-corrected chi connectivity index (χ2v) is 7.48. The lowest BCUT2D eigenvalue weighted by atomic mass is 10.1. The van der Waals surface area contributed by atoms with Gasteiger partial charge >= 0.3 is 0 Å². The van der Waals surface area contributed by atoms with Crippen LogP contribution in [0.5, 0.6) is 5.75 Å². The fourth-order valence-corrected chi connectivity index (χ4v) is 3.95. The Labute approximate surface area is 180 Å². The lowest BCUT2D eigenvalue weighted by Gasteiger charge is -2.35. The van der Waals surface area contributed by atoms with Crippen molar-refractivity contribution in [2.45, 2.75) is 0 Å². The number of methoxy groups -OCH3 is 1. The summed E-state index contributed by atoms with van der Waals surface area (Å²) in [6, 6.07) is 17.9. The second kappa shape index (κ2) is 8.10. The first-order chi connectivity index (χ1) is 15.2. The number of hydrogen-bond donors (Lipinski definition) is 0. The largest absolute Gasteiger partial charge is 0.497 e. The number of imidazole rings is 1. The van der Waals surface area contributed by atoms with Gasteiger partial charge in [-0.2, -0.15) is 0 Å². The van der Waals surface area contributed by atoms with E-state index in [-0.39, 0.29) is 5.91 Å². The predicted octanol–water partition coefficient (Wildman–Crippen LogP) is 3.37. The first-order valence-corrected chi connectivity index (χ1v) is 10.3. The van der Waals surface area contributed by atoms with Gasteiger partial charge in [-0.25, -0.2) is 4.98 Å². The topological polar surface area (TPSA) is 63.0 Å². The fourth-order valence-electron chi connectivity index (χ4n) is 3.95. The number of fused-ring (bicyclic) bond motifs is 1. The molecule has 7 heteroatoms. The van der Waals surface area contributed by atoms with E-state index in [1.54, 1.807) is 19.5 Å². The van der Waals surface area contributed by atoms with E-state index < -0.39 is 0 Å². The Hall–Kier alpha value is -3.87. The van der Waals surface area contributed by atoms with Gasteiger partial charge in [0.2, 0.25) is 0 Å². The number of hydrogen-bond acceptors (Lipinski definition) is 5. The van der Waals surface area contributed by atoms with Crippen molar-refractivity contribution in [1.29, 1.82) is 0 Å². The molecule has 31 heavy (non-hydrogen) atoms. The van der Waals surface area contributed by atoms with E-state index in [4.69, 9.17) is 4.74 Å². The molecule has 156 valence electrons. The zero-order chi connectivity index (χ0) is 21.2. The maximum Gasteiger partial charge on any atom is 0.274 e. The number of anilines is 1. The fraction of sp³-hybridized carbons (Fsp3) is 0.208. The average Bonchev–Trinajstić information content (AvgIpc) is 3.29. The summed E-state index contributed by atoms with van der Waals surface area (Å²) in [7, 11) is 1.66. The van der Waals surface area contributed by atoms with Crippen molar-refractivity contribution in [3.8, 4) is 17.0 Å². The van der Waals surface area contributed by atoms with Crippen LogP contribution in [-0.2, 0) is 0 Å². The Morgan fingerprint density at radius 2 is 1.71 bits per heavy atom. The van der Waals surface area contributed by atoms with E-state index in [0.29, 0.717) is 24.4 Å². The zero-order valence-electron chi connectivity index (χ0n) is 17.3. The number of benzene rings is 2. The number of piperazine rings is 1. The van der Waals surface area contributed by atoms with Gasteiger partial charge in [-0.3, -0.25) is 9.78 Å². The van der Waals surface area contributed by atoms with Crippen molar-refractivity contribution in [2.75, 3.05) is 38.2 Å². The minimum atomic E-state index is -0.0444. The molecule has 2 aromatic heterocycles. The molecule has 0 unspecified atom stereocenters. The molecule has 0 atom stereocenters. The van der Waals surface area contributed by atoms with Crippen LogP contribution in [0, 0.1) is 0 Å². The molecule has 1 aliphatic heterocycles. The lowest BCUT2D eigenvalue weighted by Crippen LogP contribution is -2.48. The van der Waals surface area contributed by atoms with E-state index in [9.17, 15) is 4.79 Å². The summed E-state index contributed by atoms with van der Waals surface area (Å²) in [4.78, 5) is 26.4. The van der Waals surface area contributed by atoms with E-state index in [1.807, 2.05) is 58.0 Å². The van der Waals surface area contributed by atoms with Crippen LogP contribution < -0.4 is 9.64 Å². The maximum absolute atomic E-state index is 13.1. The SMILES string of the molecule is COc1ccc(N2CCN(C(=O)c3cn4ccnc(-c5ccccc5)c4n3)CC2)cc1. The van der Waals surface area contributed by atoms with Gasteiger partial charge in [0.25, 0.3) is 5.91 Å². The van der Waals surface area contributed by atoms with Gasteiger partial charge in [0.1, 0.15) is 17.1 Å². The molecule has 1 amide bonds. The highest BCUT2D eigenvalue weighted by Crippen LogP contribution is 2.23. The standard InChI is InChI=1S/C24H23N5O2/c1-31-20-9-7-19(8-10-20)27-13-15-28(16-14-27)24(30)21-17-29-12-11-25-22(23(29)26-21)18-5-3-2-4-6-18/h2-12,17H,13-16H2,1H3. The van der Waals surface area contributed by atoms with Crippen molar-refractivity contribution in [3.05, 3.63) is 78.9 Å². The molecular weight excluding hydrogens is 390 g/mol. The van der Waals surface area contributed by atoms with Crippen LogP contribution in [0.25, 0.3) is 16.9 Å². The molecule has 5 rings (SSSR count). The Morgan fingerprint density at radius 1 is 0.968 bits per heavy atom. The molecule has 1 fully saturated rings. The predicted molar refractivity (Wildman–Crippen MR) is 120 cm³/mol. The zero-order valence-corrected chi connectivity index (χ0v) is 17.3. The summed E-state index contributed by atoms with van der Waals surface area (Å²) < 4.78 is 7.10. The Bertz CT molecular complexity index is 1200. The van der Waals surface area contributed by atoms with Crippen LogP contribution in [0.2, 0.25) is 0 Å². The smallest absolute Gasteiger partial charge is 0.274 e. The van der Waals surface area contributed by atoms with Crippen LogP contribution in [0.15, 0.2) is 73.2 Å². The van der Waals surface area contributed by atoms with Crippen LogP contribution in [0.4, 0.5) is 5.69 Å². The Kier molecular flexibility index (Phi) is 5.00. The average molecular weight is 413 g/mol. The number of rotatable bonds is 4. The minimum Gasteiger partial charge on any atom is -0.497 e. The lowest BCUT2D eigenvalue weighted by molar-refractivity contribution is 0.0741. The summed E-state index contributed by atoms with van der Waals surface area (Å²) in [5.74, 6) is 0.797. The number of aromatic nitrogens is 3. The molecule has 7 nitrogen and oxygen atoms in total. The summed E-state index contributed by atoms with van der Waals surface area (Å²) in [6.45, 7) is 2.87. The first-order valence-electron chi connectivity index (χ1n) is 10.3. The third kappa shape index (κ3) is 3.70. The number of ether oxygens (including phenoxy) is 1. The van der Waals surface area contributed by atoms with Gasteiger partial charge in [-0.15, -0.1) is 0 Å². The summed E-state index contributed by atoms with van der Waals surface area (Å²) in [5.41, 5.74) is 4.02. The van der Waals surface area contributed by atoms with Gasteiger partial charge in [-0.05, 0) is 24.3 Å². The summed E-state index contributed by atoms with van der Waals surface area (Å²) >= 11 is 0. The quantitative estimate of drug-likeness (QED) is 0.513. The van der Waals surface area contributed by atoms with Crippen molar-refractivity contribution in [2.24, 2.45) is 0 Å². The molecule has 0 spiro atoms. The van der Waals surface area contributed by atoms with E-state index in [1.165, 1.54) is 0 Å². The molecule has 0 aliphatic carbocycles. The number of nitrogens with zero attached hydrogens (tertiary/aromatic N) is 5. The normalized spacial score (nSPS) is 14.1. The monoisotopic (exact) mass is 413 g/mol. The highest BCUT2D eigenvalue weighted by molar-refractivity contribution is 5.94. The second-order valence-electron chi connectivity index (χ2n) is 7.48. The van der Waals surface area contributed by atoms with Gasteiger partial charge in [0.05, 0.1) is 7.11 Å². The summed E-state index contributed by atoms with van der Waals surface area (Å²) in [6.07, 6.45) is 5.35. The van der Waals surface area contributed by atoms with Crippen molar-refractivity contribution in [1.82, 2.24) is 19.3 Å². The van der Waals surface area contributed by atoms with E-state index in [0.717, 1.165) is 35.8 Å². The highest BCUT2D eigenvalue weighted by atomic mass is 16.5. The molecule has 0 radical (unpaired) electrons. The van der Waals surface area contributed by atoms with Crippen molar-refractivity contribution < 1.29 is 9.53 Å². The van der Waals surface area contributed by atoms with E-state index in [2.05, 4.69) is 27.0 Å². The molecular formula is C24H23N5O2. The molecule has 1 aliphatic rings. The molecule has 0 saturated carbocycles. The molecule has 4 aromatic rings. The summed E-state index contributed by atoms with van der Waals surface area (Å²) in [5, 5.41) is 0. The van der Waals surface area contributed by atoms with Crippen LogP contribution in [0.1, 0.15) is 10.5 Å². The molecule has 1 saturated heterocycles. The van der Waals surface area contributed by atoms with Gasteiger partial charge in [0, 0.05) is 56.0 Å². The van der Waals surface area contributed by atoms with Gasteiger partial charge in [-0.1, -0.05) is 30.3 Å². The highest BCUT2D eigenvalue weighted by Gasteiger charge is 2.24. The van der Waals surface area contributed by atoms with Gasteiger partial charge in [0.15, 0.2) is 5.65 Å². The number of carbonyl (C=O) groups excluding carboxylic acids is 1.